The number of carbonyl (C=O) groups excluding carboxylic acids is 2. The standard InChI is InChI=1S/C27H26N2O7S/c1-3-36-27(31)24-23(20-11-13-21(14-12-20)29(32)33)25(37(34,35)22-15-9-18(2)10-16-22)26(30)28(24)17-19-7-5-4-6-8-19/h4-16,23-25H,3,17H2,1-2H3/t23-,24+,25+/m1/s1. The fourth-order valence-corrected chi connectivity index (χ4v) is 6.55. The van der Waals surface area contributed by atoms with Gasteiger partial charge in [0.2, 0.25) is 5.91 Å². The number of ether oxygens (including phenoxy) is 1. The molecule has 37 heavy (non-hydrogen) atoms. The van der Waals surface area contributed by atoms with Crippen molar-refractivity contribution in [3.63, 3.8) is 0 Å². The van der Waals surface area contributed by atoms with Crippen molar-refractivity contribution in [3.8, 4) is 0 Å². The summed E-state index contributed by atoms with van der Waals surface area (Å²) >= 11 is 0. The molecular formula is C27H26N2O7S. The van der Waals surface area contributed by atoms with Crippen LogP contribution in [0.2, 0.25) is 0 Å². The Hall–Kier alpha value is -4.05. The summed E-state index contributed by atoms with van der Waals surface area (Å²) in [6.45, 7) is 3.46. The van der Waals surface area contributed by atoms with E-state index in [9.17, 15) is 28.1 Å². The first-order valence-corrected chi connectivity index (χ1v) is 13.3. The third-order valence-electron chi connectivity index (χ3n) is 6.43. The van der Waals surface area contributed by atoms with E-state index in [4.69, 9.17) is 4.74 Å². The van der Waals surface area contributed by atoms with Crippen molar-refractivity contribution in [2.24, 2.45) is 0 Å². The monoisotopic (exact) mass is 522 g/mol. The maximum Gasteiger partial charge on any atom is 0.329 e. The second kappa shape index (κ2) is 10.5. The normalized spacial score (nSPS) is 19.6. The summed E-state index contributed by atoms with van der Waals surface area (Å²) < 4.78 is 33.2. The first kappa shape index (κ1) is 26.0. The number of hydrogen-bond acceptors (Lipinski definition) is 7. The van der Waals surface area contributed by atoms with E-state index in [2.05, 4.69) is 0 Å². The molecule has 0 saturated carbocycles. The van der Waals surface area contributed by atoms with Crippen molar-refractivity contribution >= 4 is 27.4 Å². The molecule has 1 saturated heterocycles. The average Bonchev–Trinajstić information content (AvgIpc) is 3.17. The lowest BCUT2D eigenvalue weighted by atomic mass is 9.91. The minimum Gasteiger partial charge on any atom is -0.464 e. The number of hydrogen-bond donors (Lipinski definition) is 0. The van der Waals surface area contributed by atoms with Crippen LogP contribution in [0, 0.1) is 17.0 Å². The van der Waals surface area contributed by atoms with Crippen LogP contribution in [0.25, 0.3) is 0 Å². The third-order valence-corrected chi connectivity index (χ3v) is 8.52. The van der Waals surface area contributed by atoms with Crippen LogP contribution in [0.5, 0.6) is 0 Å². The number of likely N-dealkylation sites (tertiary alicyclic amines) is 1. The first-order chi connectivity index (χ1) is 17.6. The Labute approximate surface area is 214 Å². The van der Waals surface area contributed by atoms with Crippen molar-refractivity contribution in [1.29, 1.82) is 0 Å². The second-order valence-electron chi connectivity index (χ2n) is 8.80. The van der Waals surface area contributed by atoms with Crippen LogP contribution < -0.4 is 0 Å². The molecule has 9 nitrogen and oxygen atoms in total. The average molecular weight is 523 g/mol. The van der Waals surface area contributed by atoms with Gasteiger partial charge in [0.1, 0.15) is 6.04 Å². The van der Waals surface area contributed by atoms with E-state index in [0.717, 1.165) is 5.56 Å². The minimum absolute atomic E-state index is 0.00739. The number of non-ortho nitro benzene ring substituents is 1. The first-order valence-electron chi connectivity index (χ1n) is 11.7. The molecule has 3 aromatic carbocycles. The summed E-state index contributed by atoms with van der Waals surface area (Å²) in [4.78, 5) is 39.0. The fourth-order valence-electron chi connectivity index (χ4n) is 4.65. The van der Waals surface area contributed by atoms with E-state index in [1.165, 1.54) is 41.3 Å². The lowest BCUT2D eigenvalue weighted by Crippen LogP contribution is -2.41. The number of carbonyl (C=O) groups is 2. The van der Waals surface area contributed by atoms with Crippen LogP contribution in [0.1, 0.15) is 29.5 Å². The van der Waals surface area contributed by atoms with Crippen molar-refractivity contribution < 1.29 is 27.7 Å². The Kier molecular flexibility index (Phi) is 7.40. The maximum atomic E-state index is 13.9. The van der Waals surface area contributed by atoms with Gasteiger partial charge in [0, 0.05) is 24.6 Å². The van der Waals surface area contributed by atoms with Crippen LogP contribution in [0.3, 0.4) is 0 Å². The van der Waals surface area contributed by atoms with Crippen molar-refractivity contribution in [2.45, 2.75) is 42.5 Å². The summed E-state index contributed by atoms with van der Waals surface area (Å²) in [5, 5.41) is 9.58. The summed E-state index contributed by atoms with van der Waals surface area (Å²) in [6.07, 6.45) is 0. The number of sulfone groups is 1. The highest BCUT2D eigenvalue weighted by Crippen LogP contribution is 2.42. The van der Waals surface area contributed by atoms with Gasteiger partial charge >= 0.3 is 5.97 Å². The van der Waals surface area contributed by atoms with Crippen LogP contribution in [-0.2, 0) is 30.7 Å². The zero-order valence-electron chi connectivity index (χ0n) is 20.3. The maximum absolute atomic E-state index is 13.9. The van der Waals surface area contributed by atoms with Gasteiger partial charge in [-0.25, -0.2) is 13.2 Å². The molecule has 4 rings (SSSR count). The molecule has 0 aliphatic carbocycles. The van der Waals surface area contributed by atoms with E-state index < -0.39 is 43.8 Å². The molecule has 0 spiro atoms. The molecule has 1 heterocycles. The van der Waals surface area contributed by atoms with Gasteiger partial charge < -0.3 is 9.64 Å². The van der Waals surface area contributed by atoms with Gasteiger partial charge in [-0.15, -0.1) is 0 Å². The third kappa shape index (κ3) is 5.10. The zero-order valence-corrected chi connectivity index (χ0v) is 21.1. The molecule has 0 N–H and O–H groups in total. The summed E-state index contributed by atoms with van der Waals surface area (Å²) in [5.41, 5.74) is 1.67. The number of nitro groups is 1. The van der Waals surface area contributed by atoms with Crippen molar-refractivity contribution in [1.82, 2.24) is 4.90 Å². The van der Waals surface area contributed by atoms with E-state index in [1.54, 1.807) is 43.3 Å². The van der Waals surface area contributed by atoms with Crippen LogP contribution >= 0.6 is 0 Å². The minimum atomic E-state index is -4.27. The summed E-state index contributed by atoms with van der Waals surface area (Å²) in [5.74, 6) is -2.62. The predicted molar refractivity (Wildman–Crippen MR) is 135 cm³/mol. The Bertz CT molecular complexity index is 1410. The van der Waals surface area contributed by atoms with Gasteiger partial charge in [-0.3, -0.25) is 14.9 Å². The molecule has 3 aromatic rings. The summed E-state index contributed by atoms with van der Waals surface area (Å²) in [7, 11) is -4.27. The number of aryl methyl sites for hydroxylation is 1. The van der Waals surface area contributed by atoms with E-state index >= 15 is 0 Å². The second-order valence-corrected chi connectivity index (χ2v) is 10.9. The SMILES string of the molecule is CCOC(=O)[C@@H]1[C@@H](c2ccc([N+](=O)[O-])cc2)[C@H](S(=O)(=O)c2ccc(C)cc2)C(=O)N1Cc1ccccc1. The van der Waals surface area contributed by atoms with E-state index in [0.29, 0.717) is 11.1 Å². The van der Waals surface area contributed by atoms with Crippen LogP contribution in [-0.4, -0.2) is 48.0 Å². The van der Waals surface area contributed by atoms with Crippen molar-refractivity contribution in [3.05, 3.63) is 106 Å². The highest BCUT2D eigenvalue weighted by atomic mass is 32.2. The molecule has 1 amide bonds. The topological polar surface area (TPSA) is 124 Å². The highest BCUT2D eigenvalue weighted by Gasteiger charge is 2.58. The van der Waals surface area contributed by atoms with Gasteiger partial charge in [0.25, 0.3) is 5.69 Å². The molecule has 0 bridgehead atoms. The molecule has 10 heteroatoms. The Morgan fingerprint density at radius 2 is 1.62 bits per heavy atom. The summed E-state index contributed by atoms with van der Waals surface area (Å²) in [6, 6.07) is 19.1. The van der Waals surface area contributed by atoms with E-state index in [1.807, 2.05) is 13.0 Å². The Balaban J connectivity index is 1.90. The Morgan fingerprint density at radius 3 is 2.19 bits per heavy atom. The number of rotatable bonds is 8. The number of nitrogens with zero attached hydrogens (tertiary/aromatic N) is 2. The molecule has 0 radical (unpaired) electrons. The van der Waals surface area contributed by atoms with Gasteiger partial charge in [-0.05, 0) is 37.1 Å². The lowest BCUT2D eigenvalue weighted by molar-refractivity contribution is -0.384. The molecule has 0 aromatic heterocycles. The Morgan fingerprint density at radius 1 is 1.00 bits per heavy atom. The fraction of sp³-hybridized carbons (Fsp3) is 0.259. The largest absolute Gasteiger partial charge is 0.464 e. The van der Waals surface area contributed by atoms with Gasteiger partial charge in [-0.2, -0.15) is 0 Å². The van der Waals surface area contributed by atoms with Crippen molar-refractivity contribution in [2.75, 3.05) is 6.61 Å². The molecule has 1 aliphatic rings. The number of benzene rings is 3. The molecule has 1 fully saturated rings. The zero-order chi connectivity index (χ0) is 26.7. The van der Waals surface area contributed by atoms with E-state index in [-0.39, 0.29) is 23.7 Å². The number of esters is 1. The molecule has 1 aliphatic heterocycles. The molecule has 3 atom stereocenters. The van der Waals surface area contributed by atoms with Gasteiger partial charge in [-0.1, -0.05) is 60.2 Å². The molecular weight excluding hydrogens is 496 g/mol. The molecule has 0 unspecified atom stereocenters. The smallest absolute Gasteiger partial charge is 0.329 e. The van der Waals surface area contributed by atoms with Crippen LogP contribution in [0.4, 0.5) is 5.69 Å². The lowest BCUT2D eigenvalue weighted by Gasteiger charge is -2.27. The molecule has 192 valence electrons. The predicted octanol–water partition coefficient (Wildman–Crippen LogP) is 3.80. The van der Waals surface area contributed by atoms with Gasteiger partial charge in [0.15, 0.2) is 15.1 Å². The van der Waals surface area contributed by atoms with Gasteiger partial charge in [0.05, 0.1) is 16.4 Å². The number of amides is 1. The van der Waals surface area contributed by atoms with Crippen LogP contribution in [0.15, 0.2) is 83.8 Å². The quantitative estimate of drug-likeness (QED) is 0.250. The number of nitro benzene ring substituents is 1. The highest BCUT2D eigenvalue weighted by molar-refractivity contribution is 7.93.